The van der Waals surface area contributed by atoms with Crippen LogP contribution in [-0.2, 0) is 16.1 Å². The summed E-state index contributed by atoms with van der Waals surface area (Å²) in [5, 5.41) is 17.2. The molecule has 0 unspecified atom stereocenters. The Morgan fingerprint density at radius 2 is 1.97 bits per heavy atom. The second kappa shape index (κ2) is 10.3. The molecule has 1 amide bonds. The fourth-order valence-corrected chi connectivity index (χ4v) is 3.83. The minimum Gasteiger partial charge on any atom is -0.493 e. The molecule has 34 heavy (non-hydrogen) atoms. The fourth-order valence-electron chi connectivity index (χ4n) is 3.83. The molecule has 3 heterocycles. The molecule has 10 heteroatoms. The van der Waals surface area contributed by atoms with E-state index in [0.29, 0.717) is 5.57 Å². The van der Waals surface area contributed by atoms with Crippen molar-refractivity contribution in [2.75, 3.05) is 20.2 Å². The van der Waals surface area contributed by atoms with E-state index in [-0.39, 0.29) is 23.4 Å². The zero-order valence-electron chi connectivity index (χ0n) is 18.8. The molecule has 1 saturated heterocycles. The Bertz CT molecular complexity index is 1170. The third kappa shape index (κ3) is 5.29. The highest BCUT2D eigenvalue weighted by Gasteiger charge is 2.23. The first-order chi connectivity index (χ1) is 16.4. The standard InChI is InChI=1S/C24H26N6O4/c1-16(23(33)34-2)18-6-4-17(5-7-18)15-29-12-8-19(9-13-29)27-21(31)20-14-25-24(28-22(20)32)30-11-3-10-26-30/h3-7,10-11,14,19H,1,8-9,12-13,15H2,2H3,(H,27,31)(H,25,28,32). The molecule has 0 spiro atoms. The minimum atomic E-state index is -0.439. The van der Waals surface area contributed by atoms with Crippen molar-refractivity contribution in [3.63, 3.8) is 0 Å². The Morgan fingerprint density at radius 3 is 2.59 bits per heavy atom. The van der Waals surface area contributed by atoms with Crippen LogP contribution in [0, 0.1) is 0 Å². The van der Waals surface area contributed by atoms with Gasteiger partial charge in [-0.3, -0.25) is 9.69 Å². The van der Waals surface area contributed by atoms with E-state index in [4.69, 9.17) is 4.74 Å². The maximum absolute atomic E-state index is 12.6. The highest BCUT2D eigenvalue weighted by Crippen LogP contribution is 2.19. The van der Waals surface area contributed by atoms with Crippen molar-refractivity contribution >= 4 is 17.4 Å². The number of amides is 1. The molecule has 0 aliphatic carbocycles. The van der Waals surface area contributed by atoms with Crippen LogP contribution in [0.2, 0.25) is 0 Å². The van der Waals surface area contributed by atoms with Crippen molar-refractivity contribution in [2.45, 2.75) is 25.4 Å². The van der Waals surface area contributed by atoms with Gasteiger partial charge in [0.1, 0.15) is 5.56 Å². The zero-order valence-corrected chi connectivity index (χ0v) is 18.8. The van der Waals surface area contributed by atoms with Crippen molar-refractivity contribution in [3.8, 4) is 11.8 Å². The topological polar surface area (TPSA) is 122 Å². The van der Waals surface area contributed by atoms with Gasteiger partial charge in [0.25, 0.3) is 11.9 Å². The second-order valence-corrected chi connectivity index (χ2v) is 8.05. The van der Waals surface area contributed by atoms with Gasteiger partial charge in [0.2, 0.25) is 5.88 Å². The lowest BCUT2D eigenvalue weighted by molar-refractivity contribution is -0.133. The Hall–Kier alpha value is -4.05. The monoisotopic (exact) mass is 462 g/mol. The van der Waals surface area contributed by atoms with E-state index in [1.807, 2.05) is 24.3 Å². The van der Waals surface area contributed by atoms with Crippen LogP contribution < -0.4 is 5.32 Å². The van der Waals surface area contributed by atoms with Crippen LogP contribution in [0.15, 0.2) is 55.5 Å². The van der Waals surface area contributed by atoms with E-state index in [2.05, 4.69) is 31.9 Å². The molecule has 2 aromatic heterocycles. The van der Waals surface area contributed by atoms with Crippen LogP contribution in [-0.4, -0.2) is 67.9 Å². The molecule has 10 nitrogen and oxygen atoms in total. The highest BCUT2D eigenvalue weighted by molar-refractivity contribution is 6.15. The van der Waals surface area contributed by atoms with Crippen molar-refractivity contribution in [3.05, 3.63) is 72.2 Å². The second-order valence-electron chi connectivity index (χ2n) is 8.05. The van der Waals surface area contributed by atoms with E-state index in [0.717, 1.165) is 43.6 Å². The number of benzene rings is 1. The van der Waals surface area contributed by atoms with Gasteiger partial charge in [-0.1, -0.05) is 30.8 Å². The number of hydrogen-bond acceptors (Lipinski definition) is 8. The van der Waals surface area contributed by atoms with Gasteiger partial charge in [-0.15, -0.1) is 0 Å². The first-order valence-electron chi connectivity index (χ1n) is 10.9. The summed E-state index contributed by atoms with van der Waals surface area (Å²) in [5.74, 6) is -1.03. The van der Waals surface area contributed by atoms with Crippen molar-refractivity contribution in [1.29, 1.82) is 0 Å². The maximum Gasteiger partial charge on any atom is 0.337 e. The molecule has 0 radical (unpaired) electrons. The molecular formula is C24H26N6O4. The Morgan fingerprint density at radius 1 is 1.24 bits per heavy atom. The molecule has 2 N–H and O–H groups in total. The molecule has 1 aromatic carbocycles. The Kier molecular flexibility index (Phi) is 6.98. The quantitative estimate of drug-likeness (QED) is 0.404. The van der Waals surface area contributed by atoms with Gasteiger partial charge in [0.15, 0.2) is 0 Å². The van der Waals surface area contributed by atoms with Crippen molar-refractivity contribution in [2.24, 2.45) is 0 Å². The first-order valence-corrected chi connectivity index (χ1v) is 10.9. The molecule has 176 valence electrons. The SMILES string of the molecule is C=C(C(=O)OC)c1ccc(CN2CCC(NC(=O)c3cnc(-n4cccn4)nc3O)CC2)cc1. The van der Waals surface area contributed by atoms with Crippen LogP contribution in [0.1, 0.15) is 34.3 Å². The normalized spacial score (nSPS) is 14.5. The summed E-state index contributed by atoms with van der Waals surface area (Å²) < 4.78 is 6.11. The molecule has 0 atom stereocenters. The summed E-state index contributed by atoms with van der Waals surface area (Å²) in [5.41, 5.74) is 2.23. The number of aromatic hydroxyl groups is 1. The molecule has 1 fully saturated rings. The molecule has 1 aliphatic rings. The predicted octanol–water partition coefficient (Wildman–Crippen LogP) is 1.95. The van der Waals surface area contributed by atoms with Gasteiger partial charge in [-0.2, -0.15) is 10.1 Å². The van der Waals surface area contributed by atoms with E-state index in [1.165, 1.54) is 18.0 Å². The van der Waals surface area contributed by atoms with E-state index in [1.54, 1.807) is 18.5 Å². The molecule has 0 bridgehead atoms. The van der Waals surface area contributed by atoms with Gasteiger partial charge in [-0.05, 0) is 30.0 Å². The third-order valence-electron chi connectivity index (χ3n) is 5.77. The average Bonchev–Trinajstić information content (AvgIpc) is 3.40. The lowest BCUT2D eigenvalue weighted by atomic mass is 10.0. The number of nitrogens with one attached hydrogen (secondary N) is 1. The molecule has 4 rings (SSSR count). The number of carbonyl (C=O) groups is 2. The molecular weight excluding hydrogens is 436 g/mol. The molecule has 0 saturated carbocycles. The number of likely N-dealkylation sites (tertiary alicyclic amines) is 1. The number of aromatic nitrogens is 4. The van der Waals surface area contributed by atoms with Crippen molar-refractivity contribution < 1.29 is 19.4 Å². The van der Waals surface area contributed by atoms with Gasteiger partial charge < -0.3 is 15.2 Å². The summed E-state index contributed by atoms with van der Waals surface area (Å²) in [7, 11) is 1.34. The summed E-state index contributed by atoms with van der Waals surface area (Å²) in [6.07, 6.45) is 6.11. The van der Waals surface area contributed by atoms with E-state index >= 15 is 0 Å². The number of piperidine rings is 1. The lowest BCUT2D eigenvalue weighted by Crippen LogP contribution is -2.44. The Balaban J connectivity index is 1.27. The number of rotatable bonds is 7. The summed E-state index contributed by atoms with van der Waals surface area (Å²) >= 11 is 0. The number of nitrogens with zero attached hydrogens (tertiary/aromatic N) is 5. The number of methoxy groups -OCH3 is 1. The van der Waals surface area contributed by atoms with E-state index < -0.39 is 11.9 Å². The van der Waals surface area contributed by atoms with Gasteiger partial charge in [-0.25, -0.2) is 14.5 Å². The summed E-state index contributed by atoms with van der Waals surface area (Å²) in [6, 6.07) is 9.41. The summed E-state index contributed by atoms with van der Waals surface area (Å²) in [4.78, 5) is 34.6. The smallest absolute Gasteiger partial charge is 0.337 e. The predicted molar refractivity (Wildman–Crippen MR) is 124 cm³/mol. The van der Waals surface area contributed by atoms with Gasteiger partial charge in [0.05, 0.1) is 12.7 Å². The van der Waals surface area contributed by atoms with Crippen LogP contribution in [0.25, 0.3) is 11.5 Å². The van der Waals surface area contributed by atoms with Crippen LogP contribution >= 0.6 is 0 Å². The van der Waals surface area contributed by atoms with Crippen LogP contribution in [0.5, 0.6) is 5.88 Å². The molecule has 3 aromatic rings. The number of hydrogen-bond donors (Lipinski definition) is 2. The maximum atomic E-state index is 12.6. The van der Waals surface area contributed by atoms with Crippen LogP contribution in [0.3, 0.4) is 0 Å². The van der Waals surface area contributed by atoms with Gasteiger partial charge in [0, 0.05) is 44.3 Å². The largest absolute Gasteiger partial charge is 0.493 e. The first kappa shape index (κ1) is 23.1. The zero-order chi connectivity index (χ0) is 24.1. The van der Waals surface area contributed by atoms with E-state index in [9.17, 15) is 14.7 Å². The third-order valence-corrected chi connectivity index (χ3v) is 5.77. The minimum absolute atomic E-state index is 0.000279. The van der Waals surface area contributed by atoms with Gasteiger partial charge >= 0.3 is 5.97 Å². The number of ether oxygens (including phenoxy) is 1. The fraction of sp³-hybridized carbons (Fsp3) is 0.292. The number of carbonyl (C=O) groups excluding carboxylic acids is 2. The van der Waals surface area contributed by atoms with Crippen molar-refractivity contribution in [1.82, 2.24) is 30.0 Å². The average molecular weight is 463 g/mol. The Labute approximate surface area is 196 Å². The lowest BCUT2D eigenvalue weighted by Gasteiger charge is -2.32. The highest BCUT2D eigenvalue weighted by atomic mass is 16.5. The van der Waals surface area contributed by atoms with Crippen LogP contribution in [0.4, 0.5) is 0 Å². The number of esters is 1. The summed E-state index contributed by atoms with van der Waals surface area (Å²) in [6.45, 7) is 6.19. The molecule has 1 aliphatic heterocycles.